The Kier molecular flexibility index (Phi) is 6.44. The summed E-state index contributed by atoms with van der Waals surface area (Å²) in [5.41, 5.74) is 3.52. The lowest BCUT2D eigenvalue weighted by molar-refractivity contribution is -0.137. The molecule has 0 aliphatic carbocycles. The summed E-state index contributed by atoms with van der Waals surface area (Å²) in [7, 11) is -4.48. The number of rotatable bonds is 6. The lowest BCUT2D eigenvalue weighted by atomic mass is 10.2. The summed E-state index contributed by atoms with van der Waals surface area (Å²) in [4.78, 5) is 16.8. The van der Waals surface area contributed by atoms with E-state index < -0.39 is 37.8 Å². The van der Waals surface area contributed by atoms with E-state index in [1.54, 1.807) is 0 Å². The van der Waals surface area contributed by atoms with Gasteiger partial charge in [-0.2, -0.15) is 13.2 Å². The molecule has 1 heterocycles. The van der Waals surface area contributed by atoms with Crippen LogP contribution in [-0.2, 0) is 16.2 Å². The van der Waals surface area contributed by atoms with Gasteiger partial charge in [0.25, 0.3) is 16.0 Å². The number of ether oxygens (including phenoxy) is 2. The number of aromatic amines is 1. The number of carbonyl (C=O) groups excluding carboxylic acids is 1. The predicted octanol–water partition coefficient (Wildman–Crippen LogP) is 4.79. The Bertz CT molecular complexity index is 1280. The first kappa shape index (κ1) is 23.5. The van der Waals surface area contributed by atoms with Gasteiger partial charge in [0.1, 0.15) is 5.15 Å². The second-order valence-electron chi connectivity index (χ2n) is 5.97. The number of nitrogens with one attached hydrogen (secondary N) is 2. The van der Waals surface area contributed by atoms with Gasteiger partial charge < -0.3 is 15.2 Å². The predicted molar refractivity (Wildman–Crippen MR) is 108 cm³/mol. The van der Waals surface area contributed by atoms with Gasteiger partial charge in [-0.1, -0.05) is 23.2 Å². The monoisotopic (exact) mass is 510 g/mol. The highest BCUT2D eigenvalue weighted by molar-refractivity contribution is 7.92. The molecule has 0 fully saturated rings. The van der Waals surface area contributed by atoms with Gasteiger partial charge in [0.15, 0.2) is 11.5 Å². The number of hydrogen-bond acceptors (Lipinski definition) is 6. The van der Waals surface area contributed by atoms with Crippen molar-refractivity contribution in [1.29, 1.82) is 0 Å². The maximum atomic E-state index is 13.1. The lowest BCUT2D eigenvalue weighted by Crippen LogP contribution is -2.17. The number of anilines is 1. The van der Waals surface area contributed by atoms with Gasteiger partial charge in [0.2, 0.25) is 0 Å². The zero-order chi connectivity index (χ0) is 23.7. The summed E-state index contributed by atoms with van der Waals surface area (Å²) < 4.78 is 76.6. The zero-order valence-corrected chi connectivity index (χ0v) is 17.7. The van der Waals surface area contributed by atoms with Crippen molar-refractivity contribution in [3.8, 4) is 17.5 Å². The molecule has 0 aliphatic heterocycles. The third-order valence-electron chi connectivity index (χ3n) is 3.69. The Hall–Kier alpha value is -3.16. The Morgan fingerprint density at radius 1 is 1.12 bits per heavy atom. The van der Waals surface area contributed by atoms with E-state index in [2.05, 4.69) is 14.7 Å². The van der Waals surface area contributed by atoms with E-state index >= 15 is 0 Å². The molecule has 0 saturated carbocycles. The Balaban J connectivity index is 1.93. The number of amides is 1. The standard InChI is InChI=1S/C17H11Cl2F3N4O5S/c18-11-3-2-9(6-10(11)17(20,21)22)32(28,29)26-8-1-4-12(13(5-8)30-15(23)27)31-16-24-7-14(19)25-16/h1-7,26H,(H2,23,27)(H,24,25). The number of primary amides is 1. The maximum absolute atomic E-state index is 13.1. The summed E-state index contributed by atoms with van der Waals surface area (Å²) in [5.74, 6) is -0.402. The van der Waals surface area contributed by atoms with Gasteiger partial charge in [-0.05, 0) is 30.3 Å². The van der Waals surface area contributed by atoms with Crippen LogP contribution in [0.1, 0.15) is 5.56 Å². The molecule has 9 nitrogen and oxygen atoms in total. The van der Waals surface area contributed by atoms with Crippen LogP contribution in [0.25, 0.3) is 0 Å². The normalized spacial score (nSPS) is 11.8. The molecule has 170 valence electrons. The van der Waals surface area contributed by atoms with E-state index in [9.17, 15) is 26.4 Å². The minimum atomic E-state index is -4.86. The molecule has 0 radical (unpaired) electrons. The number of benzene rings is 2. The van der Waals surface area contributed by atoms with Gasteiger partial charge in [-0.25, -0.2) is 18.2 Å². The van der Waals surface area contributed by atoms with Gasteiger partial charge in [0, 0.05) is 6.07 Å². The number of H-pyrrole nitrogens is 1. The fraction of sp³-hybridized carbons (Fsp3) is 0.0588. The number of halogens is 5. The van der Waals surface area contributed by atoms with Gasteiger partial charge >= 0.3 is 12.3 Å². The van der Waals surface area contributed by atoms with Crippen molar-refractivity contribution in [3.05, 3.63) is 58.3 Å². The van der Waals surface area contributed by atoms with Crippen LogP contribution in [0.5, 0.6) is 17.5 Å². The molecule has 3 aromatic rings. The van der Waals surface area contributed by atoms with Gasteiger partial charge in [0.05, 0.1) is 27.4 Å². The smallest absolute Gasteiger partial charge is 0.417 e. The summed E-state index contributed by atoms with van der Waals surface area (Å²) in [5, 5.41) is -0.504. The number of nitrogens with zero attached hydrogens (tertiary/aromatic N) is 1. The average Bonchev–Trinajstić information content (AvgIpc) is 3.07. The van der Waals surface area contributed by atoms with Crippen molar-refractivity contribution in [2.75, 3.05) is 4.72 Å². The van der Waals surface area contributed by atoms with Crippen molar-refractivity contribution >= 4 is 45.0 Å². The van der Waals surface area contributed by atoms with Crippen LogP contribution >= 0.6 is 23.2 Å². The van der Waals surface area contributed by atoms with Crippen molar-refractivity contribution in [1.82, 2.24) is 9.97 Å². The number of nitrogens with two attached hydrogens (primary N) is 1. The molecule has 2 aromatic carbocycles. The Morgan fingerprint density at radius 2 is 1.84 bits per heavy atom. The van der Waals surface area contributed by atoms with Crippen molar-refractivity contribution < 1.29 is 35.9 Å². The average molecular weight is 511 g/mol. The largest absolute Gasteiger partial charge is 0.422 e. The summed E-state index contributed by atoms with van der Waals surface area (Å²) in [6.45, 7) is 0. The fourth-order valence-electron chi connectivity index (χ4n) is 2.38. The molecule has 0 saturated heterocycles. The molecule has 32 heavy (non-hydrogen) atoms. The van der Waals surface area contributed by atoms with Crippen LogP contribution in [0.15, 0.2) is 47.5 Å². The van der Waals surface area contributed by atoms with E-state index in [4.69, 9.17) is 38.4 Å². The van der Waals surface area contributed by atoms with Gasteiger partial charge in [-0.3, -0.25) is 9.71 Å². The van der Waals surface area contributed by atoms with Crippen LogP contribution in [-0.4, -0.2) is 24.5 Å². The number of hydrogen-bond donors (Lipinski definition) is 3. The molecule has 1 aromatic heterocycles. The molecule has 0 atom stereocenters. The molecule has 4 N–H and O–H groups in total. The maximum Gasteiger partial charge on any atom is 0.417 e. The van der Waals surface area contributed by atoms with Crippen LogP contribution in [0.4, 0.5) is 23.7 Å². The van der Waals surface area contributed by atoms with Crippen LogP contribution in [0.2, 0.25) is 10.2 Å². The Labute approximate surface area is 188 Å². The molecule has 0 unspecified atom stereocenters. The summed E-state index contributed by atoms with van der Waals surface area (Å²) in [6.07, 6.45) is -4.85. The lowest BCUT2D eigenvalue weighted by Gasteiger charge is -2.14. The molecule has 1 amide bonds. The summed E-state index contributed by atoms with van der Waals surface area (Å²) in [6, 6.07) is 5.47. The number of aromatic nitrogens is 2. The third kappa shape index (κ3) is 5.55. The first-order valence-corrected chi connectivity index (χ1v) is 10.5. The third-order valence-corrected chi connectivity index (χ3v) is 5.59. The molecule has 3 rings (SSSR count). The molecular formula is C17H11Cl2F3N4O5S. The Morgan fingerprint density at radius 3 is 2.44 bits per heavy atom. The second kappa shape index (κ2) is 8.76. The SMILES string of the molecule is NC(=O)Oc1cc(NS(=O)(=O)c2ccc(Cl)c(C(F)(F)F)c2)ccc1Oc1ncc(Cl)[nH]1. The topological polar surface area (TPSA) is 136 Å². The first-order valence-electron chi connectivity index (χ1n) is 8.24. The van der Waals surface area contributed by atoms with Crippen LogP contribution in [0, 0.1) is 0 Å². The van der Waals surface area contributed by atoms with E-state index in [0.29, 0.717) is 6.07 Å². The van der Waals surface area contributed by atoms with Crippen molar-refractivity contribution in [2.24, 2.45) is 5.73 Å². The van der Waals surface area contributed by atoms with Crippen molar-refractivity contribution in [3.63, 3.8) is 0 Å². The van der Waals surface area contributed by atoms with E-state index in [1.165, 1.54) is 18.3 Å². The highest BCUT2D eigenvalue weighted by atomic mass is 35.5. The van der Waals surface area contributed by atoms with E-state index in [0.717, 1.165) is 18.2 Å². The fourth-order valence-corrected chi connectivity index (χ4v) is 3.81. The molecule has 0 spiro atoms. The number of carbonyl (C=O) groups is 1. The molecule has 0 bridgehead atoms. The number of imidazole rings is 1. The second-order valence-corrected chi connectivity index (χ2v) is 8.46. The highest BCUT2D eigenvalue weighted by Gasteiger charge is 2.34. The number of alkyl halides is 3. The van der Waals surface area contributed by atoms with Gasteiger partial charge in [-0.15, -0.1) is 0 Å². The van der Waals surface area contributed by atoms with Crippen LogP contribution < -0.4 is 19.9 Å². The quantitative estimate of drug-likeness (QED) is 0.436. The first-order chi connectivity index (χ1) is 14.8. The number of sulfonamides is 1. The van der Waals surface area contributed by atoms with Crippen molar-refractivity contribution in [2.45, 2.75) is 11.1 Å². The molecular weight excluding hydrogens is 500 g/mol. The van der Waals surface area contributed by atoms with Crippen LogP contribution in [0.3, 0.4) is 0 Å². The highest BCUT2D eigenvalue weighted by Crippen LogP contribution is 2.37. The summed E-state index contributed by atoms with van der Waals surface area (Å²) >= 11 is 11.2. The minimum Gasteiger partial charge on any atom is -0.422 e. The zero-order valence-electron chi connectivity index (χ0n) is 15.4. The molecule has 0 aliphatic rings. The van der Waals surface area contributed by atoms with E-state index in [-0.39, 0.29) is 28.3 Å². The molecule has 15 heteroatoms. The minimum absolute atomic E-state index is 0.0708. The van der Waals surface area contributed by atoms with E-state index in [1.807, 2.05) is 0 Å².